The van der Waals surface area contributed by atoms with E-state index in [0.717, 1.165) is 18.5 Å². The molecule has 5 heteroatoms. The molecule has 0 aromatic carbocycles. The van der Waals surface area contributed by atoms with E-state index in [4.69, 9.17) is 0 Å². The first-order valence-corrected chi connectivity index (χ1v) is 7.64. The van der Waals surface area contributed by atoms with E-state index in [9.17, 15) is 9.90 Å². The van der Waals surface area contributed by atoms with E-state index >= 15 is 0 Å². The van der Waals surface area contributed by atoms with Crippen LogP contribution in [0.15, 0.2) is 6.07 Å². The Labute approximate surface area is 120 Å². The molecule has 2 heterocycles. The number of piperidine rings is 1. The molecule has 0 aliphatic carbocycles. The van der Waals surface area contributed by atoms with Gasteiger partial charge in [-0.05, 0) is 32.3 Å². The Kier molecular flexibility index (Phi) is 4.81. The molecule has 1 amide bonds. The van der Waals surface area contributed by atoms with Crippen molar-refractivity contribution < 1.29 is 9.90 Å². The molecule has 1 aromatic heterocycles. The Morgan fingerprint density at radius 1 is 1.45 bits per heavy atom. The maximum Gasteiger partial charge on any atom is 0.272 e. The van der Waals surface area contributed by atoms with Crippen molar-refractivity contribution in [3.8, 4) is 0 Å². The van der Waals surface area contributed by atoms with Crippen LogP contribution in [-0.2, 0) is 13.0 Å². The lowest BCUT2D eigenvalue weighted by molar-refractivity contribution is 0.0222. The fraction of sp³-hybridized carbons (Fsp3) is 0.733. The van der Waals surface area contributed by atoms with Crippen molar-refractivity contribution >= 4 is 5.91 Å². The molecule has 0 radical (unpaired) electrons. The summed E-state index contributed by atoms with van der Waals surface area (Å²) in [5, 5.41) is 14.4. The molecule has 0 spiro atoms. The van der Waals surface area contributed by atoms with Crippen LogP contribution in [0.4, 0.5) is 0 Å². The van der Waals surface area contributed by atoms with Crippen molar-refractivity contribution in [2.24, 2.45) is 5.92 Å². The van der Waals surface area contributed by atoms with Crippen LogP contribution in [0.3, 0.4) is 0 Å². The predicted molar refractivity (Wildman–Crippen MR) is 77.6 cm³/mol. The van der Waals surface area contributed by atoms with Gasteiger partial charge in [-0.25, -0.2) is 0 Å². The normalized spacial score (nSPS) is 23.1. The molecule has 1 fully saturated rings. The SMILES string of the molecule is CCc1cc(C(=O)N2CCC(O)C(CC)C2)n(CC)n1. The zero-order valence-electron chi connectivity index (χ0n) is 12.7. The number of carbonyl (C=O) groups is 1. The van der Waals surface area contributed by atoms with Gasteiger partial charge in [0.25, 0.3) is 5.91 Å². The first-order chi connectivity index (χ1) is 9.60. The number of carbonyl (C=O) groups excluding carboxylic acids is 1. The van der Waals surface area contributed by atoms with Gasteiger partial charge < -0.3 is 10.0 Å². The largest absolute Gasteiger partial charge is 0.393 e. The number of aryl methyl sites for hydroxylation is 2. The van der Waals surface area contributed by atoms with Crippen molar-refractivity contribution in [2.45, 2.75) is 52.7 Å². The summed E-state index contributed by atoms with van der Waals surface area (Å²) < 4.78 is 1.78. The van der Waals surface area contributed by atoms with E-state index in [1.165, 1.54) is 0 Å². The maximum atomic E-state index is 12.7. The summed E-state index contributed by atoms with van der Waals surface area (Å²) in [7, 11) is 0. The number of nitrogens with zero attached hydrogens (tertiary/aromatic N) is 3. The zero-order chi connectivity index (χ0) is 14.7. The number of aliphatic hydroxyl groups is 1. The number of hydrogen-bond donors (Lipinski definition) is 1. The first kappa shape index (κ1) is 15.0. The number of hydrogen-bond acceptors (Lipinski definition) is 3. The fourth-order valence-electron chi connectivity index (χ4n) is 2.82. The predicted octanol–water partition coefficient (Wildman–Crippen LogP) is 1.70. The molecule has 2 rings (SSSR count). The molecule has 1 N–H and O–H groups in total. The van der Waals surface area contributed by atoms with Crippen LogP contribution in [0.1, 0.15) is 49.8 Å². The first-order valence-electron chi connectivity index (χ1n) is 7.64. The van der Waals surface area contributed by atoms with Gasteiger partial charge in [-0.15, -0.1) is 0 Å². The van der Waals surface area contributed by atoms with E-state index in [1.807, 2.05) is 24.8 Å². The topological polar surface area (TPSA) is 58.4 Å². The molecule has 0 saturated carbocycles. The number of likely N-dealkylation sites (tertiary alicyclic amines) is 1. The molecule has 2 unspecified atom stereocenters. The molecule has 1 saturated heterocycles. The van der Waals surface area contributed by atoms with E-state index in [1.54, 1.807) is 4.68 Å². The molecule has 20 heavy (non-hydrogen) atoms. The van der Waals surface area contributed by atoms with E-state index < -0.39 is 0 Å². The van der Waals surface area contributed by atoms with E-state index in [0.29, 0.717) is 31.7 Å². The molecular formula is C15H25N3O2. The standard InChI is InChI=1S/C15H25N3O2/c1-4-11-10-17(8-7-14(11)19)15(20)13-9-12(5-2)16-18(13)6-3/h9,11,14,19H,4-8,10H2,1-3H3. The molecule has 5 nitrogen and oxygen atoms in total. The number of amides is 1. The summed E-state index contributed by atoms with van der Waals surface area (Å²) in [6, 6.07) is 1.90. The third kappa shape index (κ3) is 2.87. The second-order valence-corrected chi connectivity index (χ2v) is 5.47. The smallest absolute Gasteiger partial charge is 0.272 e. The van der Waals surface area contributed by atoms with Crippen molar-refractivity contribution in [3.63, 3.8) is 0 Å². The van der Waals surface area contributed by atoms with E-state index in [2.05, 4.69) is 12.0 Å². The maximum absolute atomic E-state index is 12.7. The van der Waals surface area contributed by atoms with Crippen LogP contribution in [0.5, 0.6) is 0 Å². The summed E-state index contributed by atoms with van der Waals surface area (Å²) in [5.74, 6) is 0.237. The monoisotopic (exact) mass is 279 g/mol. The number of aliphatic hydroxyl groups excluding tert-OH is 1. The molecule has 1 aromatic rings. The van der Waals surface area contributed by atoms with Gasteiger partial charge in [0.05, 0.1) is 11.8 Å². The molecular weight excluding hydrogens is 254 g/mol. The van der Waals surface area contributed by atoms with Gasteiger partial charge >= 0.3 is 0 Å². The summed E-state index contributed by atoms with van der Waals surface area (Å²) >= 11 is 0. The van der Waals surface area contributed by atoms with Crippen molar-refractivity contribution in [3.05, 3.63) is 17.5 Å². The van der Waals surface area contributed by atoms with Crippen LogP contribution in [0, 0.1) is 5.92 Å². The van der Waals surface area contributed by atoms with Gasteiger partial charge in [-0.1, -0.05) is 13.8 Å². The Balaban J connectivity index is 2.16. The highest BCUT2D eigenvalue weighted by Gasteiger charge is 2.30. The molecule has 112 valence electrons. The average Bonchev–Trinajstić information content (AvgIpc) is 2.90. The quantitative estimate of drug-likeness (QED) is 0.912. The van der Waals surface area contributed by atoms with Gasteiger partial charge in [0.15, 0.2) is 0 Å². The highest BCUT2D eigenvalue weighted by atomic mass is 16.3. The number of aromatic nitrogens is 2. The van der Waals surface area contributed by atoms with Crippen molar-refractivity contribution in [1.29, 1.82) is 0 Å². The second-order valence-electron chi connectivity index (χ2n) is 5.47. The van der Waals surface area contributed by atoms with Crippen LogP contribution >= 0.6 is 0 Å². The van der Waals surface area contributed by atoms with Crippen LogP contribution in [0.2, 0.25) is 0 Å². The highest BCUT2D eigenvalue weighted by Crippen LogP contribution is 2.22. The molecule has 0 bridgehead atoms. The second kappa shape index (κ2) is 6.39. The van der Waals surface area contributed by atoms with Crippen molar-refractivity contribution in [1.82, 2.24) is 14.7 Å². The molecule has 2 atom stereocenters. The minimum atomic E-state index is -0.272. The minimum Gasteiger partial charge on any atom is -0.393 e. The van der Waals surface area contributed by atoms with Crippen LogP contribution < -0.4 is 0 Å². The average molecular weight is 279 g/mol. The van der Waals surface area contributed by atoms with Gasteiger partial charge in [0.2, 0.25) is 0 Å². The zero-order valence-corrected chi connectivity index (χ0v) is 12.7. The lowest BCUT2D eigenvalue weighted by Gasteiger charge is -2.35. The lowest BCUT2D eigenvalue weighted by Crippen LogP contribution is -2.46. The van der Waals surface area contributed by atoms with Gasteiger partial charge in [-0.2, -0.15) is 5.10 Å². The van der Waals surface area contributed by atoms with Gasteiger partial charge in [-0.3, -0.25) is 9.48 Å². The summed E-state index contributed by atoms with van der Waals surface area (Å²) in [6.07, 6.45) is 2.14. The Hall–Kier alpha value is -1.36. The van der Waals surface area contributed by atoms with Gasteiger partial charge in [0.1, 0.15) is 5.69 Å². The number of rotatable bonds is 4. The fourth-order valence-corrected chi connectivity index (χ4v) is 2.82. The van der Waals surface area contributed by atoms with Crippen LogP contribution in [-0.4, -0.2) is 44.9 Å². The minimum absolute atomic E-state index is 0.0457. The molecule has 1 aliphatic heterocycles. The van der Waals surface area contributed by atoms with Crippen molar-refractivity contribution in [2.75, 3.05) is 13.1 Å². The Morgan fingerprint density at radius 2 is 2.20 bits per heavy atom. The Bertz CT molecular complexity index is 470. The lowest BCUT2D eigenvalue weighted by atomic mass is 9.92. The summed E-state index contributed by atoms with van der Waals surface area (Å²) in [6.45, 7) is 8.08. The highest BCUT2D eigenvalue weighted by molar-refractivity contribution is 5.92. The van der Waals surface area contributed by atoms with Crippen LogP contribution in [0.25, 0.3) is 0 Å². The third-order valence-electron chi connectivity index (χ3n) is 4.22. The van der Waals surface area contributed by atoms with Gasteiger partial charge in [0, 0.05) is 25.6 Å². The third-order valence-corrected chi connectivity index (χ3v) is 4.22. The Morgan fingerprint density at radius 3 is 2.80 bits per heavy atom. The molecule has 1 aliphatic rings. The summed E-state index contributed by atoms with van der Waals surface area (Å²) in [4.78, 5) is 14.5. The summed E-state index contributed by atoms with van der Waals surface area (Å²) in [5.41, 5.74) is 1.63. The van der Waals surface area contributed by atoms with E-state index in [-0.39, 0.29) is 17.9 Å².